The zero-order chi connectivity index (χ0) is 17.2. The van der Waals surface area contributed by atoms with Gasteiger partial charge >= 0.3 is 0 Å². The number of aryl methyl sites for hydroxylation is 1. The van der Waals surface area contributed by atoms with E-state index < -0.39 is 17.9 Å². The van der Waals surface area contributed by atoms with E-state index in [0.29, 0.717) is 11.8 Å². The minimum absolute atomic E-state index is 0.154. The van der Waals surface area contributed by atoms with Gasteiger partial charge in [-0.05, 0) is 44.5 Å². The molecule has 0 aliphatic heterocycles. The second-order valence-corrected chi connectivity index (χ2v) is 5.73. The molecule has 2 amide bonds. The minimum atomic E-state index is -0.786. The molecule has 4 N–H and O–H groups in total. The third-order valence-corrected chi connectivity index (χ3v) is 3.88. The highest BCUT2D eigenvalue weighted by atomic mass is 32.1. The predicted molar refractivity (Wildman–Crippen MR) is 93.8 cm³/mol. The van der Waals surface area contributed by atoms with E-state index in [1.807, 2.05) is 31.3 Å². The summed E-state index contributed by atoms with van der Waals surface area (Å²) in [7, 11) is 1.95. The number of benzene rings is 1. The molecule has 1 unspecified atom stereocenters. The first-order chi connectivity index (χ1) is 11.0. The maximum absolute atomic E-state index is 11.7. The van der Waals surface area contributed by atoms with Crippen LogP contribution in [0.2, 0.25) is 0 Å². The van der Waals surface area contributed by atoms with Gasteiger partial charge in [0.15, 0.2) is 6.61 Å². The van der Waals surface area contributed by atoms with Gasteiger partial charge in [-0.25, -0.2) is 0 Å². The summed E-state index contributed by atoms with van der Waals surface area (Å²) in [5.41, 5.74) is 6.35. The molecule has 0 aliphatic rings. The number of hydrogen-bond donors (Lipinski definition) is 4. The van der Waals surface area contributed by atoms with Crippen LogP contribution in [-0.2, 0) is 16.0 Å². The molecule has 0 radical (unpaired) electrons. The van der Waals surface area contributed by atoms with E-state index in [1.54, 1.807) is 0 Å². The lowest BCUT2D eigenvalue weighted by Crippen LogP contribution is -2.47. The van der Waals surface area contributed by atoms with Crippen LogP contribution in [0.3, 0.4) is 0 Å². The molecule has 0 aromatic heterocycles. The van der Waals surface area contributed by atoms with E-state index in [4.69, 9.17) is 10.5 Å². The Kier molecular flexibility index (Phi) is 8.50. The molecule has 7 heteroatoms. The Balaban J connectivity index is 2.40. The second kappa shape index (κ2) is 10.1. The maximum atomic E-state index is 11.7. The number of rotatable bonds is 10. The molecule has 0 saturated carbocycles. The monoisotopic (exact) mass is 339 g/mol. The number of nitrogens with one attached hydrogen (secondary N) is 2. The summed E-state index contributed by atoms with van der Waals surface area (Å²) in [5.74, 6) is -0.267. The minimum Gasteiger partial charge on any atom is -0.484 e. The maximum Gasteiger partial charge on any atom is 0.258 e. The molecule has 0 spiro atoms. The van der Waals surface area contributed by atoms with Gasteiger partial charge in [-0.2, -0.15) is 12.6 Å². The highest BCUT2D eigenvalue weighted by molar-refractivity contribution is 7.80. The fourth-order valence-corrected chi connectivity index (χ4v) is 2.14. The topological polar surface area (TPSA) is 93.4 Å². The highest BCUT2D eigenvalue weighted by Crippen LogP contribution is 2.14. The van der Waals surface area contributed by atoms with Crippen molar-refractivity contribution in [1.29, 1.82) is 0 Å². The molecule has 6 nitrogen and oxygen atoms in total. The van der Waals surface area contributed by atoms with E-state index in [1.165, 1.54) is 5.56 Å². The van der Waals surface area contributed by atoms with Crippen LogP contribution in [0.4, 0.5) is 0 Å². The number of thiol groups is 1. The van der Waals surface area contributed by atoms with E-state index in [0.717, 1.165) is 12.8 Å². The van der Waals surface area contributed by atoms with E-state index in [9.17, 15) is 9.59 Å². The summed E-state index contributed by atoms with van der Waals surface area (Å²) in [6.07, 6.45) is 2.03. The average Bonchev–Trinajstić information content (AvgIpc) is 2.56. The summed E-state index contributed by atoms with van der Waals surface area (Å²) in [6.45, 7) is 1.97. The SMILES string of the molecule is CN[C@@H](C)CCc1ccc(OCC(=O)NC(CS)C(N)=O)cc1. The Morgan fingerprint density at radius 2 is 1.96 bits per heavy atom. The van der Waals surface area contributed by atoms with Crippen molar-refractivity contribution >= 4 is 24.4 Å². The molecule has 0 heterocycles. The molecular weight excluding hydrogens is 314 g/mol. The Labute approximate surface area is 142 Å². The molecule has 128 valence electrons. The number of nitrogens with two attached hydrogens (primary N) is 1. The molecule has 23 heavy (non-hydrogen) atoms. The van der Waals surface area contributed by atoms with Gasteiger partial charge in [-0.3, -0.25) is 9.59 Å². The molecule has 0 bridgehead atoms. The molecular formula is C16H25N3O3S. The van der Waals surface area contributed by atoms with Crippen LogP contribution >= 0.6 is 12.6 Å². The van der Waals surface area contributed by atoms with Crippen LogP contribution in [0.25, 0.3) is 0 Å². The van der Waals surface area contributed by atoms with Gasteiger partial charge < -0.3 is 21.1 Å². The number of primary amides is 1. The van der Waals surface area contributed by atoms with Crippen LogP contribution in [0.5, 0.6) is 5.75 Å². The molecule has 0 saturated heterocycles. The van der Waals surface area contributed by atoms with Crippen molar-refractivity contribution in [1.82, 2.24) is 10.6 Å². The van der Waals surface area contributed by atoms with Crippen molar-refractivity contribution < 1.29 is 14.3 Å². The predicted octanol–water partition coefficient (Wildman–Crippen LogP) is 0.506. The standard InChI is InChI=1S/C16H25N3O3S/c1-11(18-2)3-4-12-5-7-13(8-6-12)22-9-15(20)19-14(10-23)16(17)21/h5-8,11,14,18,23H,3-4,9-10H2,1-2H3,(H2,17,21)(H,19,20)/t11-,14?/m0/s1. The van der Waals surface area contributed by atoms with Gasteiger partial charge in [0.25, 0.3) is 5.91 Å². The number of amides is 2. The fourth-order valence-electron chi connectivity index (χ4n) is 1.87. The smallest absolute Gasteiger partial charge is 0.258 e. The molecule has 1 rings (SSSR count). The number of carbonyl (C=O) groups excluding carboxylic acids is 2. The van der Waals surface area contributed by atoms with Gasteiger partial charge in [0.1, 0.15) is 11.8 Å². The summed E-state index contributed by atoms with van der Waals surface area (Å²) >= 11 is 3.96. The van der Waals surface area contributed by atoms with Crippen LogP contribution < -0.4 is 21.1 Å². The van der Waals surface area contributed by atoms with Crippen LogP contribution in [0.1, 0.15) is 18.9 Å². The first kappa shape index (κ1) is 19.3. The van der Waals surface area contributed by atoms with Gasteiger partial charge in [0.2, 0.25) is 5.91 Å². The van der Waals surface area contributed by atoms with Gasteiger partial charge in [-0.1, -0.05) is 12.1 Å². The highest BCUT2D eigenvalue weighted by Gasteiger charge is 2.16. The first-order valence-electron chi connectivity index (χ1n) is 7.54. The third-order valence-electron chi connectivity index (χ3n) is 3.51. The number of hydrogen-bond acceptors (Lipinski definition) is 5. The molecule has 0 aliphatic carbocycles. The lowest BCUT2D eigenvalue weighted by molar-refractivity contribution is -0.128. The lowest BCUT2D eigenvalue weighted by atomic mass is 10.1. The number of ether oxygens (including phenoxy) is 1. The Morgan fingerprint density at radius 1 is 1.30 bits per heavy atom. The van der Waals surface area contributed by atoms with Crippen LogP contribution in [0.15, 0.2) is 24.3 Å². The Hall–Kier alpha value is -1.73. The fraction of sp³-hybridized carbons (Fsp3) is 0.500. The van der Waals surface area contributed by atoms with E-state index in [-0.39, 0.29) is 12.4 Å². The van der Waals surface area contributed by atoms with Crippen LogP contribution in [-0.4, -0.2) is 43.3 Å². The lowest BCUT2D eigenvalue weighted by Gasteiger charge is -2.13. The normalized spacial score (nSPS) is 13.2. The quantitative estimate of drug-likeness (QED) is 0.467. The molecule has 0 fully saturated rings. The van der Waals surface area contributed by atoms with E-state index in [2.05, 4.69) is 30.2 Å². The third kappa shape index (κ3) is 7.38. The molecule has 2 atom stereocenters. The van der Waals surface area contributed by atoms with E-state index >= 15 is 0 Å². The molecule has 1 aromatic carbocycles. The van der Waals surface area contributed by atoms with Crippen molar-refractivity contribution in [3.8, 4) is 5.75 Å². The summed E-state index contributed by atoms with van der Waals surface area (Å²) < 4.78 is 5.39. The summed E-state index contributed by atoms with van der Waals surface area (Å²) in [6, 6.07) is 7.31. The largest absolute Gasteiger partial charge is 0.484 e. The zero-order valence-corrected chi connectivity index (χ0v) is 14.4. The zero-order valence-electron chi connectivity index (χ0n) is 13.5. The summed E-state index contributed by atoms with van der Waals surface area (Å²) in [4.78, 5) is 22.7. The van der Waals surface area contributed by atoms with Gasteiger partial charge in [0, 0.05) is 11.8 Å². The number of carbonyl (C=O) groups is 2. The van der Waals surface area contributed by atoms with Crippen molar-refractivity contribution in [2.75, 3.05) is 19.4 Å². The van der Waals surface area contributed by atoms with Crippen molar-refractivity contribution in [3.05, 3.63) is 29.8 Å². The van der Waals surface area contributed by atoms with Crippen LogP contribution in [0, 0.1) is 0 Å². The van der Waals surface area contributed by atoms with Crippen molar-refractivity contribution in [3.63, 3.8) is 0 Å². The second-order valence-electron chi connectivity index (χ2n) is 5.37. The summed E-state index contributed by atoms with van der Waals surface area (Å²) in [5, 5.41) is 5.67. The van der Waals surface area contributed by atoms with Gasteiger partial charge in [0.05, 0.1) is 0 Å². The molecule has 1 aromatic rings. The first-order valence-corrected chi connectivity index (χ1v) is 8.18. The van der Waals surface area contributed by atoms with Crippen molar-refractivity contribution in [2.24, 2.45) is 5.73 Å². The average molecular weight is 339 g/mol. The van der Waals surface area contributed by atoms with Gasteiger partial charge in [-0.15, -0.1) is 0 Å². The Morgan fingerprint density at radius 3 is 2.48 bits per heavy atom. The van der Waals surface area contributed by atoms with Crippen molar-refractivity contribution in [2.45, 2.75) is 31.8 Å². The Bertz CT molecular complexity index is 508.